The van der Waals surface area contributed by atoms with Crippen molar-refractivity contribution in [2.45, 2.75) is 25.1 Å². The van der Waals surface area contributed by atoms with E-state index in [9.17, 15) is 5.11 Å². The van der Waals surface area contributed by atoms with E-state index in [0.717, 1.165) is 4.47 Å². The molecule has 3 atom stereocenters. The predicted octanol–water partition coefficient (Wildman–Crippen LogP) is 1.86. The Hall–Kier alpha value is -0.420. The molecule has 3 nitrogen and oxygen atoms in total. The third-order valence-corrected chi connectivity index (χ3v) is 3.36. The molecule has 1 heterocycles. The van der Waals surface area contributed by atoms with Crippen LogP contribution in [0.3, 0.4) is 0 Å². The van der Waals surface area contributed by atoms with Crippen molar-refractivity contribution in [1.29, 1.82) is 0 Å². The molecule has 1 saturated heterocycles. The number of hydrogen-bond acceptors (Lipinski definition) is 3. The zero-order valence-electron chi connectivity index (χ0n) is 9.19. The van der Waals surface area contributed by atoms with Gasteiger partial charge < -0.3 is 15.2 Å². The van der Waals surface area contributed by atoms with Gasteiger partial charge in [0.25, 0.3) is 0 Å². The van der Waals surface area contributed by atoms with E-state index >= 15 is 0 Å². The Morgan fingerprint density at radius 1 is 1.50 bits per heavy atom. The van der Waals surface area contributed by atoms with E-state index in [1.54, 1.807) is 0 Å². The highest BCUT2D eigenvalue weighted by Gasteiger charge is 2.27. The SMILES string of the molecule is CC(NC1COCC1O)c1cccc(Br)c1. The molecule has 0 aliphatic carbocycles. The second kappa shape index (κ2) is 5.27. The number of halogens is 1. The number of nitrogens with one attached hydrogen (secondary N) is 1. The molecule has 3 unspecified atom stereocenters. The van der Waals surface area contributed by atoms with Gasteiger partial charge in [-0.05, 0) is 24.6 Å². The van der Waals surface area contributed by atoms with Gasteiger partial charge in [-0.3, -0.25) is 0 Å². The lowest BCUT2D eigenvalue weighted by molar-refractivity contribution is 0.121. The summed E-state index contributed by atoms with van der Waals surface area (Å²) in [7, 11) is 0. The summed E-state index contributed by atoms with van der Waals surface area (Å²) < 4.78 is 6.28. The second-order valence-corrected chi connectivity index (χ2v) is 5.07. The van der Waals surface area contributed by atoms with Crippen LogP contribution >= 0.6 is 15.9 Å². The first-order valence-corrected chi connectivity index (χ1v) is 6.23. The maximum Gasteiger partial charge on any atom is 0.0948 e. The van der Waals surface area contributed by atoms with E-state index in [2.05, 4.69) is 40.3 Å². The largest absolute Gasteiger partial charge is 0.389 e. The normalized spacial score (nSPS) is 26.9. The van der Waals surface area contributed by atoms with E-state index in [4.69, 9.17) is 4.74 Å². The minimum Gasteiger partial charge on any atom is -0.389 e. The molecule has 1 aromatic rings. The van der Waals surface area contributed by atoms with Crippen molar-refractivity contribution in [3.05, 3.63) is 34.3 Å². The summed E-state index contributed by atoms with van der Waals surface area (Å²) in [5.41, 5.74) is 1.20. The van der Waals surface area contributed by atoms with Crippen LogP contribution in [0.15, 0.2) is 28.7 Å². The minimum absolute atomic E-state index is 0.0361. The summed E-state index contributed by atoms with van der Waals surface area (Å²) in [6.07, 6.45) is -0.394. The van der Waals surface area contributed by atoms with Gasteiger partial charge in [0.15, 0.2) is 0 Å². The van der Waals surface area contributed by atoms with E-state index in [1.807, 2.05) is 12.1 Å². The summed E-state index contributed by atoms with van der Waals surface area (Å²) in [6.45, 7) is 3.11. The average Bonchev–Trinajstić information content (AvgIpc) is 2.64. The van der Waals surface area contributed by atoms with Gasteiger partial charge in [0.2, 0.25) is 0 Å². The van der Waals surface area contributed by atoms with Gasteiger partial charge in [-0.1, -0.05) is 28.1 Å². The lowest BCUT2D eigenvalue weighted by Crippen LogP contribution is -2.40. The second-order valence-electron chi connectivity index (χ2n) is 4.15. The molecule has 2 rings (SSSR count). The standard InChI is InChI=1S/C12H16BrNO2/c1-8(9-3-2-4-10(13)5-9)14-11-6-16-7-12(11)15/h2-5,8,11-12,14-15H,6-7H2,1H3. The van der Waals surface area contributed by atoms with Crippen molar-refractivity contribution in [1.82, 2.24) is 5.32 Å². The average molecular weight is 286 g/mol. The number of rotatable bonds is 3. The smallest absolute Gasteiger partial charge is 0.0948 e. The van der Waals surface area contributed by atoms with Crippen LogP contribution in [-0.4, -0.2) is 30.5 Å². The quantitative estimate of drug-likeness (QED) is 0.891. The molecular weight excluding hydrogens is 270 g/mol. The Kier molecular flexibility index (Phi) is 3.97. The molecule has 0 radical (unpaired) electrons. The number of aliphatic hydroxyl groups excluding tert-OH is 1. The highest BCUT2D eigenvalue weighted by Crippen LogP contribution is 2.19. The van der Waals surface area contributed by atoms with Gasteiger partial charge in [-0.15, -0.1) is 0 Å². The Morgan fingerprint density at radius 3 is 2.94 bits per heavy atom. The van der Waals surface area contributed by atoms with Gasteiger partial charge in [0, 0.05) is 10.5 Å². The molecule has 0 amide bonds. The van der Waals surface area contributed by atoms with Crippen molar-refractivity contribution < 1.29 is 9.84 Å². The molecule has 16 heavy (non-hydrogen) atoms. The Balaban J connectivity index is 1.99. The molecule has 0 saturated carbocycles. The van der Waals surface area contributed by atoms with Crippen LogP contribution < -0.4 is 5.32 Å². The molecule has 88 valence electrons. The number of benzene rings is 1. The van der Waals surface area contributed by atoms with Crippen molar-refractivity contribution in [3.8, 4) is 0 Å². The van der Waals surface area contributed by atoms with Gasteiger partial charge in [-0.25, -0.2) is 0 Å². The Labute approximate surface area is 104 Å². The van der Waals surface area contributed by atoms with Gasteiger partial charge in [-0.2, -0.15) is 0 Å². The van der Waals surface area contributed by atoms with Gasteiger partial charge in [0.05, 0.1) is 25.4 Å². The molecule has 0 aromatic heterocycles. The van der Waals surface area contributed by atoms with Crippen molar-refractivity contribution in [2.24, 2.45) is 0 Å². The Bertz CT molecular complexity index is 359. The molecule has 0 bridgehead atoms. The molecule has 1 aliphatic rings. The molecule has 2 N–H and O–H groups in total. The molecule has 1 aromatic carbocycles. The molecule has 1 aliphatic heterocycles. The van der Waals surface area contributed by atoms with Crippen LogP contribution in [0.5, 0.6) is 0 Å². The molecule has 0 spiro atoms. The highest BCUT2D eigenvalue weighted by atomic mass is 79.9. The maximum absolute atomic E-state index is 9.64. The van der Waals surface area contributed by atoms with Gasteiger partial charge >= 0.3 is 0 Å². The van der Waals surface area contributed by atoms with Crippen LogP contribution in [0, 0.1) is 0 Å². The third-order valence-electron chi connectivity index (χ3n) is 2.86. The highest BCUT2D eigenvalue weighted by molar-refractivity contribution is 9.10. The summed E-state index contributed by atoms with van der Waals surface area (Å²) >= 11 is 3.45. The predicted molar refractivity (Wildman–Crippen MR) is 66.3 cm³/mol. The van der Waals surface area contributed by atoms with E-state index in [0.29, 0.717) is 13.2 Å². The van der Waals surface area contributed by atoms with E-state index < -0.39 is 6.10 Å². The van der Waals surface area contributed by atoms with Crippen molar-refractivity contribution >= 4 is 15.9 Å². The zero-order chi connectivity index (χ0) is 11.5. The molecule has 1 fully saturated rings. The number of hydrogen-bond donors (Lipinski definition) is 2. The summed E-state index contributed by atoms with van der Waals surface area (Å²) in [4.78, 5) is 0. The Morgan fingerprint density at radius 2 is 2.31 bits per heavy atom. The lowest BCUT2D eigenvalue weighted by Gasteiger charge is -2.21. The first-order chi connectivity index (χ1) is 7.66. The summed E-state index contributed by atoms with van der Waals surface area (Å²) in [5, 5.41) is 13.0. The van der Waals surface area contributed by atoms with Crippen LogP contribution in [0.2, 0.25) is 0 Å². The van der Waals surface area contributed by atoms with Crippen molar-refractivity contribution in [3.63, 3.8) is 0 Å². The topological polar surface area (TPSA) is 41.5 Å². The fourth-order valence-corrected chi connectivity index (χ4v) is 2.31. The number of aliphatic hydroxyl groups is 1. The van der Waals surface area contributed by atoms with Crippen LogP contribution in [0.25, 0.3) is 0 Å². The van der Waals surface area contributed by atoms with E-state index in [1.165, 1.54) is 5.56 Å². The first kappa shape index (κ1) is 12.0. The summed E-state index contributed by atoms with van der Waals surface area (Å²) in [6, 6.07) is 8.42. The van der Waals surface area contributed by atoms with Crippen LogP contribution in [-0.2, 0) is 4.74 Å². The first-order valence-electron chi connectivity index (χ1n) is 5.44. The fraction of sp³-hybridized carbons (Fsp3) is 0.500. The fourth-order valence-electron chi connectivity index (χ4n) is 1.90. The summed E-state index contributed by atoms with van der Waals surface area (Å²) in [5.74, 6) is 0. The van der Waals surface area contributed by atoms with Gasteiger partial charge in [0.1, 0.15) is 0 Å². The number of ether oxygens (including phenoxy) is 1. The lowest BCUT2D eigenvalue weighted by atomic mass is 10.1. The molecular formula is C12H16BrNO2. The van der Waals surface area contributed by atoms with Crippen LogP contribution in [0.4, 0.5) is 0 Å². The molecule has 4 heteroatoms. The maximum atomic E-state index is 9.64. The monoisotopic (exact) mass is 285 g/mol. The van der Waals surface area contributed by atoms with Crippen molar-refractivity contribution in [2.75, 3.05) is 13.2 Å². The van der Waals surface area contributed by atoms with E-state index in [-0.39, 0.29) is 12.1 Å². The minimum atomic E-state index is -0.394. The van der Waals surface area contributed by atoms with Crippen LogP contribution in [0.1, 0.15) is 18.5 Å². The third kappa shape index (κ3) is 2.83. The zero-order valence-corrected chi connectivity index (χ0v) is 10.8.